The highest BCUT2D eigenvalue weighted by Gasteiger charge is 2.20. The number of halogens is 1. The minimum atomic E-state index is -0.279. The van der Waals surface area contributed by atoms with Crippen molar-refractivity contribution in [1.82, 2.24) is 9.78 Å². The molecule has 0 radical (unpaired) electrons. The van der Waals surface area contributed by atoms with Crippen molar-refractivity contribution in [2.75, 3.05) is 5.32 Å². The molecule has 0 amide bonds. The Balaban J connectivity index is 1.74. The van der Waals surface area contributed by atoms with Crippen LogP contribution < -0.4 is 11.1 Å². The van der Waals surface area contributed by atoms with Crippen molar-refractivity contribution in [1.29, 1.82) is 0 Å². The molecule has 3 N–H and O–H groups in total. The van der Waals surface area contributed by atoms with Crippen molar-refractivity contribution >= 4 is 5.69 Å². The van der Waals surface area contributed by atoms with Gasteiger partial charge in [-0.05, 0) is 25.0 Å². The first-order valence-corrected chi connectivity index (χ1v) is 7.56. The summed E-state index contributed by atoms with van der Waals surface area (Å²) in [5, 5.41) is 7.68. The van der Waals surface area contributed by atoms with E-state index < -0.39 is 0 Å². The first-order chi connectivity index (χ1) is 10.2. The summed E-state index contributed by atoms with van der Waals surface area (Å²) in [5.74, 6) is -0.279. The van der Waals surface area contributed by atoms with E-state index in [2.05, 4.69) is 10.4 Å². The van der Waals surface area contributed by atoms with Crippen molar-refractivity contribution in [2.45, 2.75) is 44.2 Å². The van der Waals surface area contributed by atoms with Gasteiger partial charge in [0.1, 0.15) is 11.5 Å². The third-order valence-corrected chi connectivity index (χ3v) is 4.10. The van der Waals surface area contributed by atoms with Gasteiger partial charge in [0.05, 0.1) is 18.1 Å². The maximum Gasteiger partial charge on any atom is 0.148 e. The lowest BCUT2D eigenvalue weighted by Gasteiger charge is -2.22. The SMILES string of the molecule is NC1CCCCCC1Nc1cnn(-c2ccccc2F)c1. The van der Waals surface area contributed by atoms with Gasteiger partial charge >= 0.3 is 0 Å². The molecule has 0 bridgehead atoms. The number of nitrogens with two attached hydrogens (primary N) is 1. The Morgan fingerprint density at radius 1 is 1.19 bits per heavy atom. The molecule has 2 unspecified atom stereocenters. The summed E-state index contributed by atoms with van der Waals surface area (Å²) in [6.07, 6.45) is 9.33. The minimum Gasteiger partial charge on any atom is -0.378 e. The van der Waals surface area contributed by atoms with Crippen LogP contribution >= 0.6 is 0 Å². The Bertz CT molecular complexity index is 595. The van der Waals surface area contributed by atoms with Crippen LogP contribution in [-0.4, -0.2) is 21.9 Å². The van der Waals surface area contributed by atoms with Crippen molar-refractivity contribution in [3.05, 3.63) is 42.5 Å². The van der Waals surface area contributed by atoms with E-state index in [9.17, 15) is 4.39 Å². The van der Waals surface area contributed by atoms with Crippen LogP contribution in [0.5, 0.6) is 0 Å². The molecule has 112 valence electrons. The summed E-state index contributed by atoms with van der Waals surface area (Å²) >= 11 is 0. The zero-order valence-electron chi connectivity index (χ0n) is 12.0. The van der Waals surface area contributed by atoms with Gasteiger partial charge in [0, 0.05) is 12.1 Å². The molecule has 1 aromatic heterocycles. The number of nitrogens with zero attached hydrogens (tertiary/aromatic N) is 2. The molecule has 21 heavy (non-hydrogen) atoms. The Morgan fingerprint density at radius 2 is 2.00 bits per heavy atom. The molecule has 5 heteroatoms. The third-order valence-electron chi connectivity index (χ3n) is 4.10. The van der Waals surface area contributed by atoms with Crippen molar-refractivity contribution in [3.63, 3.8) is 0 Å². The first kappa shape index (κ1) is 14.1. The predicted molar refractivity (Wildman–Crippen MR) is 82.0 cm³/mol. The number of rotatable bonds is 3. The van der Waals surface area contributed by atoms with Gasteiger partial charge in [0.15, 0.2) is 0 Å². The van der Waals surface area contributed by atoms with Gasteiger partial charge in [-0.1, -0.05) is 31.4 Å². The summed E-state index contributed by atoms with van der Waals surface area (Å²) in [5.41, 5.74) is 7.56. The Kier molecular flexibility index (Phi) is 4.20. The fourth-order valence-corrected chi connectivity index (χ4v) is 2.90. The molecule has 1 aliphatic rings. The van der Waals surface area contributed by atoms with Gasteiger partial charge in [-0.2, -0.15) is 5.10 Å². The van der Waals surface area contributed by atoms with Crippen LogP contribution in [0.25, 0.3) is 5.69 Å². The molecule has 0 aliphatic heterocycles. The molecular weight excluding hydrogens is 267 g/mol. The van der Waals surface area contributed by atoms with Gasteiger partial charge in [0.2, 0.25) is 0 Å². The second-order valence-corrected chi connectivity index (χ2v) is 5.68. The van der Waals surface area contributed by atoms with Crippen LogP contribution in [0.1, 0.15) is 32.1 Å². The predicted octanol–water partition coefficient (Wildman–Crippen LogP) is 3.08. The monoisotopic (exact) mass is 288 g/mol. The lowest BCUT2D eigenvalue weighted by Crippen LogP contribution is -2.39. The fourth-order valence-electron chi connectivity index (χ4n) is 2.90. The minimum absolute atomic E-state index is 0.171. The number of nitrogens with one attached hydrogen (secondary N) is 1. The van der Waals surface area contributed by atoms with Gasteiger partial charge in [-0.25, -0.2) is 9.07 Å². The average molecular weight is 288 g/mol. The quantitative estimate of drug-likeness (QED) is 0.853. The van der Waals surface area contributed by atoms with E-state index in [4.69, 9.17) is 5.73 Å². The molecule has 1 heterocycles. The van der Waals surface area contributed by atoms with E-state index in [0.29, 0.717) is 5.69 Å². The van der Waals surface area contributed by atoms with Crippen LogP contribution in [0.15, 0.2) is 36.7 Å². The van der Waals surface area contributed by atoms with Crippen LogP contribution in [0.2, 0.25) is 0 Å². The molecule has 1 saturated carbocycles. The fraction of sp³-hybridized carbons (Fsp3) is 0.438. The third kappa shape index (κ3) is 3.24. The van der Waals surface area contributed by atoms with Crippen LogP contribution in [-0.2, 0) is 0 Å². The molecule has 1 aliphatic carbocycles. The highest BCUT2D eigenvalue weighted by atomic mass is 19.1. The molecule has 2 aromatic rings. The number of benzene rings is 1. The van der Waals surface area contributed by atoms with Gasteiger partial charge in [0.25, 0.3) is 0 Å². The van der Waals surface area contributed by atoms with E-state index in [0.717, 1.165) is 18.5 Å². The number of aromatic nitrogens is 2. The van der Waals surface area contributed by atoms with Gasteiger partial charge in [-0.15, -0.1) is 0 Å². The Morgan fingerprint density at radius 3 is 2.86 bits per heavy atom. The average Bonchev–Trinajstić information content (AvgIpc) is 2.85. The molecule has 1 aromatic carbocycles. The molecule has 1 fully saturated rings. The van der Waals surface area contributed by atoms with Crippen molar-refractivity contribution in [2.24, 2.45) is 5.73 Å². The summed E-state index contributed by atoms with van der Waals surface area (Å²) in [6, 6.07) is 7.06. The number of anilines is 1. The Hall–Kier alpha value is -1.88. The number of para-hydroxylation sites is 1. The number of hydrogen-bond donors (Lipinski definition) is 2. The highest BCUT2D eigenvalue weighted by Crippen LogP contribution is 2.21. The topological polar surface area (TPSA) is 55.9 Å². The van der Waals surface area contributed by atoms with Gasteiger partial charge < -0.3 is 11.1 Å². The smallest absolute Gasteiger partial charge is 0.148 e. The maximum absolute atomic E-state index is 13.8. The molecule has 0 spiro atoms. The van der Waals surface area contributed by atoms with Crippen molar-refractivity contribution in [3.8, 4) is 5.69 Å². The van der Waals surface area contributed by atoms with E-state index in [1.54, 1.807) is 29.1 Å². The first-order valence-electron chi connectivity index (χ1n) is 7.56. The molecule has 3 rings (SSSR count). The standard InChI is InChI=1S/C16H21FN4/c17-13-6-4-5-9-16(13)21-11-12(10-19-21)20-15-8-3-1-2-7-14(15)18/h4-6,9-11,14-15,20H,1-3,7-8,18H2. The number of hydrogen-bond acceptors (Lipinski definition) is 3. The molecule has 2 atom stereocenters. The molecule has 4 nitrogen and oxygen atoms in total. The zero-order chi connectivity index (χ0) is 14.7. The largest absolute Gasteiger partial charge is 0.378 e. The Labute approximate surface area is 124 Å². The lowest BCUT2D eigenvalue weighted by molar-refractivity contribution is 0.528. The second-order valence-electron chi connectivity index (χ2n) is 5.68. The lowest BCUT2D eigenvalue weighted by atomic mass is 10.0. The highest BCUT2D eigenvalue weighted by molar-refractivity contribution is 5.44. The summed E-state index contributed by atoms with van der Waals surface area (Å²) in [6.45, 7) is 0. The molecular formula is C16H21FN4. The second kappa shape index (κ2) is 6.26. The van der Waals surface area contributed by atoms with Crippen LogP contribution in [0.3, 0.4) is 0 Å². The van der Waals surface area contributed by atoms with Gasteiger partial charge in [-0.3, -0.25) is 0 Å². The van der Waals surface area contributed by atoms with E-state index in [-0.39, 0.29) is 17.9 Å². The van der Waals surface area contributed by atoms with E-state index in [1.807, 2.05) is 6.20 Å². The summed E-state index contributed by atoms with van der Waals surface area (Å²) in [4.78, 5) is 0. The van der Waals surface area contributed by atoms with Crippen molar-refractivity contribution < 1.29 is 4.39 Å². The zero-order valence-corrected chi connectivity index (χ0v) is 12.0. The maximum atomic E-state index is 13.8. The molecule has 0 saturated heterocycles. The van der Waals surface area contributed by atoms with E-state index in [1.165, 1.54) is 25.3 Å². The summed E-state index contributed by atoms with van der Waals surface area (Å²) < 4.78 is 15.3. The van der Waals surface area contributed by atoms with Crippen LogP contribution in [0.4, 0.5) is 10.1 Å². The van der Waals surface area contributed by atoms with E-state index >= 15 is 0 Å². The normalized spacial score (nSPS) is 22.8. The van der Waals surface area contributed by atoms with Crippen LogP contribution in [0, 0.1) is 5.82 Å². The summed E-state index contributed by atoms with van der Waals surface area (Å²) in [7, 11) is 0.